The first-order chi connectivity index (χ1) is 36.7. The van der Waals surface area contributed by atoms with Crippen molar-refractivity contribution in [1.29, 1.82) is 0 Å². The second-order valence-electron chi connectivity index (χ2n) is 21.0. The molecule has 5 aromatic rings. The van der Waals surface area contributed by atoms with E-state index in [9.17, 15) is 29.1 Å². The number of piperazine rings is 2. The number of phenolic OH excluding ortho intramolecular Hbond substituents is 1. The van der Waals surface area contributed by atoms with Crippen molar-refractivity contribution < 1.29 is 47.3 Å². The van der Waals surface area contributed by atoms with E-state index in [0.717, 1.165) is 36.2 Å². The van der Waals surface area contributed by atoms with Crippen molar-refractivity contribution in [2.75, 3.05) is 82.3 Å². The Morgan fingerprint density at radius 3 is 2.57 bits per heavy atom. The number of anilines is 2. The number of rotatable bonds is 12. The van der Waals surface area contributed by atoms with E-state index in [1.165, 1.54) is 30.5 Å². The Bertz CT molecular complexity index is 3330. The largest absolute Gasteiger partial charge is 0.508 e. The molecule has 21 heteroatoms. The van der Waals surface area contributed by atoms with Crippen molar-refractivity contribution in [3.63, 3.8) is 0 Å². The SMILES string of the molecule is C#Cc1c(F)ccc2cc(O)cc(-c3ncc4c(N5CC6CCC(C5)N6)nc(OCC56CCC(COC(=O)N7CCN(CCNc8cccc9c8C(=O)N(C8CCC(=O)NC8=O)C9=O)CC7)N5CC(=C)C6)nc4c3F)c12. The maximum atomic E-state index is 17.3. The zero-order valence-electron chi connectivity index (χ0n) is 41.6. The summed E-state index contributed by atoms with van der Waals surface area (Å²) >= 11 is 0. The Morgan fingerprint density at radius 1 is 0.987 bits per heavy atom. The van der Waals surface area contributed by atoms with Crippen molar-refractivity contribution in [3.8, 4) is 35.4 Å². The minimum atomic E-state index is -1.05. The number of halogens is 2. The lowest BCUT2D eigenvalue weighted by molar-refractivity contribution is -0.136. The predicted octanol–water partition coefficient (Wildman–Crippen LogP) is 4.56. The topological polar surface area (TPSA) is 215 Å². The van der Waals surface area contributed by atoms with Gasteiger partial charge in [0.25, 0.3) is 11.8 Å². The molecule has 0 aliphatic carbocycles. The van der Waals surface area contributed by atoms with Crippen LogP contribution in [0.4, 0.5) is 25.1 Å². The van der Waals surface area contributed by atoms with Crippen LogP contribution >= 0.6 is 0 Å². The molecule has 0 radical (unpaired) electrons. The standard InChI is InChI=1S/C55H55F2N11O8/c1-3-36-40(56)10-7-31-21-35(69)22-38(44(31)36)47-46(57)48-39(24-59-47)49(66-26-32-8-9-33(27-66)60-32)63-53(62-48)76-29-55-14-13-34(67(55)25-30(2)23-55)28-75-54(74)65-19-17-64(18-20-65)16-15-58-41-6-4-5-37-45(41)52(73)68(51(37)72)42-11-12-43(70)61-50(42)71/h1,4-7,10,21-22,24,32-34,42,58,60,69H,2,8-9,11-20,23,25-29H2,(H,61,70,71). The molecule has 0 saturated carbocycles. The van der Waals surface area contributed by atoms with Gasteiger partial charge in [0.05, 0.1) is 27.6 Å². The quantitative estimate of drug-likeness (QED) is 0.0766. The molecule has 2 aromatic heterocycles. The molecule has 0 spiro atoms. The summed E-state index contributed by atoms with van der Waals surface area (Å²) in [6.45, 7) is 9.66. The van der Waals surface area contributed by atoms with E-state index in [0.29, 0.717) is 87.6 Å². The number of pyridine rings is 1. The highest BCUT2D eigenvalue weighted by molar-refractivity contribution is 6.25. The van der Waals surface area contributed by atoms with Gasteiger partial charge in [-0.15, -0.1) is 6.42 Å². The number of hydrogen-bond donors (Lipinski definition) is 4. The number of terminal acetylenes is 1. The third kappa shape index (κ3) is 8.67. The van der Waals surface area contributed by atoms with E-state index in [1.807, 2.05) is 0 Å². The molecule has 2 bridgehead atoms. The van der Waals surface area contributed by atoms with Gasteiger partial charge >= 0.3 is 12.1 Å². The zero-order chi connectivity index (χ0) is 52.6. The fraction of sp³-hybridized carbons (Fsp3) is 0.418. The Hall–Kier alpha value is -7.80. The summed E-state index contributed by atoms with van der Waals surface area (Å²) < 4.78 is 44.9. The van der Waals surface area contributed by atoms with E-state index in [1.54, 1.807) is 23.1 Å². The van der Waals surface area contributed by atoms with Crippen LogP contribution in [0.25, 0.3) is 32.9 Å². The number of benzene rings is 3. The van der Waals surface area contributed by atoms with Crippen molar-refractivity contribution in [1.82, 2.24) is 45.2 Å². The van der Waals surface area contributed by atoms with Crippen molar-refractivity contribution in [3.05, 3.63) is 89.1 Å². The van der Waals surface area contributed by atoms with Crippen LogP contribution in [0.3, 0.4) is 0 Å². The average molecular weight is 1040 g/mol. The van der Waals surface area contributed by atoms with Crippen molar-refractivity contribution in [2.24, 2.45) is 0 Å². The lowest BCUT2D eigenvalue weighted by atomic mass is 9.94. The summed E-state index contributed by atoms with van der Waals surface area (Å²) in [5, 5.41) is 20.9. The highest BCUT2D eigenvalue weighted by Gasteiger charge is 2.52. The summed E-state index contributed by atoms with van der Waals surface area (Å²) in [5.41, 5.74) is 1.22. The highest BCUT2D eigenvalue weighted by atomic mass is 19.1. The molecule has 7 aliphatic heterocycles. The third-order valence-electron chi connectivity index (χ3n) is 16.3. The minimum absolute atomic E-state index is 0.0225. The first-order valence-corrected chi connectivity index (χ1v) is 25.8. The summed E-state index contributed by atoms with van der Waals surface area (Å²) in [4.78, 5) is 88.1. The molecular weight excluding hydrogens is 981 g/mol. The van der Waals surface area contributed by atoms with E-state index in [4.69, 9.17) is 25.9 Å². The number of aromatic hydroxyl groups is 1. The molecule has 7 aliphatic rings. The third-order valence-corrected chi connectivity index (χ3v) is 16.3. The number of nitrogens with zero attached hydrogens (tertiary/aromatic N) is 8. The van der Waals surface area contributed by atoms with Gasteiger partial charge in [0.2, 0.25) is 11.8 Å². The van der Waals surface area contributed by atoms with Crippen LogP contribution in [-0.4, -0.2) is 171 Å². The number of aromatic nitrogens is 3. The second kappa shape index (κ2) is 19.4. The summed E-state index contributed by atoms with van der Waals surface area (Å²) in [5.74, 6) is -0.999. The molecule has 12 rings (SSSR count). The summed E-state index contributed by atoms with van der Waals surface area (Å²) in [6.07, 6.45) is 11.1. The Balaban J connectivity index is 0.693. The van der Waals surface area contributed by atoms with Crippen LogP contribution in [0.5, 0.6) is 11.8 Å². The van der Waals surface area contributed by atoms with Crippen LogP contribution in [0.15, 0.2) is 60.8 Å². The zero-order valence-corrected chi connectivity index (χ0v) is 41.6. The smallest absolute Gasteiger partial charge is 0.409 e. The number of fused-ring (bicyclic) bond motifs is 6. The molecule has 5 atom stereocenters. The number of phenols is 1. The molecule has 5 unspecified atom stereocenters. The first kappa shape index (κ1) is 49.1. The maximum Gasteiger partial charge on any atom is 0.409 e. The molecule has 3 aromatic carbocycles. The maximum absolute atomic E-state index is 17.3. The summed E-state index contributed by atoms with van der Waals surface area (Å²) in [6, 6.07) is 9.68. The van der Waals surface area contributed by atoms with Crippen LogP contribution in [0.1, 0.15) is 71.2 Å². The molecule has 9 heterocycles. The normalized spacial score (nSPS) is 24.6. The summed E-state index contributed by atoms with van der Waals surface area (Å²) in [7, 11) is 0. The van der Waals surface area contributed by atoms with Gasteiger partial charge in [-0.1, -0.05) is 30.2 Å². The number of piperidine rings is 1. The van der Waals surface area contributed by atoms with Crippen LogP contribution in [0, 0.1) is 24.0 Å². The van der Waals surface area contributed by atoms with Gasteiger partial charge in [0.1, 0.15) is 47.9 Å². The highest BCUT2D eigenvalue weighted by Crippen LogP contribution is 2.45. The van der Waals surface area contributed by atoms with Gasteiger partial charge in [-0.05, 0) is 74.2 Å². The minimum Gasteiger partial charge on any atom is -0.508 e. The molecule has 392 valence electrons. The van der Waals surface area contributed by atoms with Gasteiger partial charge in [-0.3, -0.25) is 44.2 Å². The fourth-order valence-electron chi connectivity index (χ4n) is 12.6. The molecule has 5 amide bonds. The number of hydrogen-bond acceptors (Lipinski definition) is 16. The predicted molar refractivity (Wildman–Crippen MR) is 275 cm³/mol. The lowest BCUT2D eigenvalue weighted by Gasteiger charge is -2.36. The molecule has 6 fully saturated rings. The van der Waals surface area contributed by atoms with Crippen molar-refractivity contribution >= 4 is 62.9 Å². The first-order valence-electron chi connectivity index (χ1n) is 25.8. The van der Waals surface area contributed by atoms with Crippen LogP contribution in [0.2, 0.25) is 0 Å². The second-order valence-corrected chi connectivity index (χ2v) is 21.0. The number of ether oxygens (including phenoxy) is 2. The Morgan fingerprint density at radius 2 is 1.79 bits per heavy atom. The monoisotopic (exact) mass is 1040 g/mol. The molecule has 4 N–H and O–H groups in total. The number of carbonyl (C=O) groups is 5. The Kier molecular flexibility index (Phi) is 12.5. The molecular formula is C55H55F2N11O8. The van der Waals surface area contributed by atoms with Crippen LogP contribution in [-0.2, 0) is 14.3 Å². The Labute approximate surface area is 435 Å². The van der Waals surface area contributed by atoms with E-state index >= 15 is 8.78 Å². The van der Waals surface area contributed by atoms with E-state index < -0.39 is 52.9 Å². The number of carbonyl (C=O) groups excluding carboxylic acids is 5. The number of amides is 5. The van der Waals surface area contributed by atoms with E-state index in [2.05, 4.69) is 48.1 Å². The van der Waals surface area contributed by atoms with Gasteiger partial charge < -0.3 is 35.0 Å². The van der Waals surface area contributed by atoms with E-state index in [-0.39, 0.29) is 94.8 Å². The number of nitrogens with one attached hydrogen (secondary N) is 3. The fourth-order valence-corrected chi connectivity index (χ4v) is 12.6. The van der Waals surface area contributed by atoms with Crippen LogP contribution < -0.4 is 25.6 Å². The van der Waals surface area contributed by atoms with Gasteiger partial charge in [-0.25, -0.2) is 13.6 Å². The van der Waals surface area contributed by atoms with Gasteiger partial charge in [0, 0.05) is 106 Å². The molecule has 19 nitrogen and oxygen atoms in total. The lowest BCUT2D eigenvalue weighted by Crippen LogP contribution is -2.54. The van der Waals surface area contributed by atoms with Crippen molar-refractivity contribution in [2.45, 2.75) is 74.7 Å². The van der Waals surface area contributed by atoms with Gasteiger partial charge in [0.15, 0.2) is 5.82 Å². The van der Waals surface area contributed by atoms with Gasteiger partial charge in [-0.2, -0.15) is 9.97 Å². The molecule has 6 saturated heterocycles. The molecule has 76 heavy (non-hydrogen) atoms. The average Bonchev–Trinajstić information content (AvgIpc) is 4.24. The number of imide groups is 2.